The zero-order valence-corrected chi connectivity index (χ0v) is 11.5. The minimum Gasteiger partial charge on any atom is -0.331 e. The van der Waals surface area contributed by atoms with Crippen LogP contribution in [0.25, 0.3) is 11.0 Å². The number of imidazole rings is 1. The largest absolute Gasteiger partial charge is 0.331 e. The standard InChI is InChI=1S/C12H8ClFN2S2/c13-8-4-10-11(5-9(8)14)16(12(17)15-10)6-7-2-1-3-18-7/h1-5H,6H2,(H,15,17). The highest BCUT2D eigenvalue weighted by Crippen LogP contribution is 2.24. The van der Waals surface area contributed by atoms with E-state index in [4.69, 9.17) is 23.8 Å². The minimum absolute atomic E-state index is 0.0991. The Kier molecular flexibility index (Phi) is 2.97. The van der Waals surface area contributed by atoms with Crippen LogP contribution in [0.1, 0.15) is 4.88 Å². The van der Waals surface area contributed by atoms with Crippen LogP contribution >= 0.6 is 35.2 Å². The van der Waals surface area contributed by atoms with Crippen LogP contribution in [0.5, 0.6) is 0 Å². The molecule has 0 radical (unpaired) electrons. The van der Waals surface area contributed by atoms with Gasteiger partial charge in [-0.2, -0.15) is 0 Å². The number of thiophene rings is 1. The van der Waals surface area contributed by atoms with Gasteiger partial charge in [-0.1, -0.05) is 17.7 Å². The maximum atomic E-state index is 13.5. The number of benzene rings is 1. The van der Waals surface area contributed by atoms with Crippen LogP contribution < -0.4 is 0 Å². The predicted octanol–water partition coefficient (Wildman–Crippen LogP) is 4.60. The van der Waals surface area contributed by atoms with Gasteiger partial charge in [0, 0.05) is 10.9 Å². The Balaban J connectivity index is 2.19. The quantitative estimate of drug-likeness (QED) is 0.686. The summed E-state index contributed by atoms with van der Waals surface area (Å²) in [6.07, 6.45) is 0. The summed E-state index contributed by atoms with van der Waals surface area (Å²) in [6.45, 7) is 0.636. The summed E-state index contributed by atoms with van der Waals surface area (Å²) in [5.74, 6) is -0.432. The van der Waals surface area contributed by atoms with Gasteiger partial charge < -0.3 is 9.55 Å². The van der Waals surface area contributed by atoms with E-state index < -0.39 is 5.82 Å². The van der Waals surface area contributed by atoms with Crippen molar-refractivity contribution in [1.82, 2.24) is 9.55 Å². The van der Waals surface area contributed by atoms with E-state index in [0.717, 1.165) is 11.0 Å². The van der Waals surface area contributed by atoms with Gasteiger partial charge >= 0.3 is 0 Å². The molecule has 0 fully saturated rings. The number of halogens is 2. The van der Waals surface area contributed by atoms with Gasteiger partial charge in [-0.15, -0.1) is 11.3 Å². The lowest BCUT2D eigenvalue weighted by Crippen LogP contribution is -1.97. The Morgan fingerprint density at radius 2 is 2.28 bits per heavy atom. The van der Waals surface area contributed by atoms with Crippen molar-refractivity contribution in [2.45, 2.75) is 6.54 Å². The molecule has 92 valence electrons. The minimum atomic E-state index is -0.432. The van der Waals surface area contributed by atoms with Crippen LogP contribution in [0.15, 0.2) is 29.6 Å². The molecule has 3 rings (SSSR count). The van der Waals surface area contributed by atoms with E-state index in [-0.39, 0.29) is 5.02 Å². The number of rotatable bonds is 2. The molecule has 0 aliphatic heterocycles. The molecule has 0 bridgehead atoms. The predicted molar refractivity (Wildman–Crippen MR) is 75.5 cm³/mol. The molecular formula is C12H8ClFN2S2. The van der Waals surface area contributed by atoms with Crippen molar-refractivity contribution >= 4 is 46.2 Å². The normalized spacial score (nSPS) is 11.2. The maximum absolute atomic E-state index is 13.5. The highest BCUT2D eigenvalue weighted by atomic mass is 35.5. The van der Waals surface area contributed by atoms with Gasteiger partial charge in [-0.25, -0.2) is 4.39 Å². The van der Waals surface area contributed by atoms with E-state index in [1.807, 2.05) is 22.1 Å². The van der Waals surface area contributed by atoms with Crippen LogP contribution in [0.3, 0.4) is 0 Å². The van der Waals surface area contributed by atoms with Crippen molar-refractivity contribution in [2.75, 3.05) is 0 Å². The first-order chi connectivity index (χ1) is 8.65. The Morgan fingerprint density at radius 1 is 1.44 bits per heavy atom. The number of nitrogens with one attached hydrogen (secondary N) is 1. The average Bonchev–Trinajstić information content (AvgIpc) is 2.92. The molecule has 1 N–H and O–H groups in total. The summed E-state index contributed by atoms with van der Waals surface area (Å²) in [5.41, 5.74) is 1.48. The summed E-state index contributed by atoms with van der Waals surface area (Å²) in [5, 5.41) is 2.10. The van der Waals surface area contributed by atoms with E-state index in [2.05, 4.69) is 4.98 Å². The molecule has 2 aromatic heterocycles. The summed E-state index contributed by atoms with van der Waals surface area (Å²) < 4.78 is 16.0. The fourth-order valence-corrected chi connectivity index (χ4v) is 3.00. The molecule has 18 heavy (non-hydrogen) atoms. The molecule has 0 saturated heterocycles. The smallest absolute Gasteiger partial charge is 0.178 e. The van der Waals surface area contributed by atoms with Crippen LogP contribution in [0.2, 0.25) is 5.02 Å². The molecule has 0 amide bonds. The molecule has 2 nitrogen and oxygen atoms in total. The molecule has 6 heteroatoms. The second-order valence-corrected chi connectivity index (χ2v) is 5.71. The summed E-state index contributed by atoms with van der Waals surface area (Å²) >= 11 is 12.7. The Morgan fingerprint density at radius 3 is 3.00 bits per heavy atom. The van der Waals surface area contributed by atoms with E-state index in [0.29, 0.717) is 11.3 Å². The van der Waals surface area contributed by atoms with Gasteiger partial charge in [-0.3, -0.25) is 0 Å². The van der Waals surface area contributed by atoms with Gasteiger partial charge in [0.2, 0.25) is 0 Å². The number of fused-ring (bicyclic) bond motifs is 1. The Labute approximate surface area is 117 Å². The van der Waals surface area contributed by atoms with Gasteiger partial charge in [0.05, 0.1) is 22.6 Å². The van der Waals surface area contributed by atoms with Gasteiger partial charge in [-0.05, 0) is 29.7 Å². The summed E-state index contributed by atoms with van der Waals surface area (Å²) in [7, 11) is 0. The Hall–Kier alpha value is -1.17. The van der Waals surface area contributed by atoms with Gasteiger partial charge in [0.15, 0.2) is 4.77 Å². The third kappa shape index (κ3) is 1.98. The van der Waals surface area contributed by atoms with Crippen molar-refractivity contribution in [3.8, 4) is 0 Å². The molecule has 0 unspecified atom stereocenters. The monoisotopic (exact) mass is 298 g/mol. The number of nitrogens with zero attached hydrogens (tertiary/aromatic N) is 1. The molecule has 0 saturated carbocycles. The van der Waals surface area contributed by atoms with E-state index in [1.165, 1.54) is 10.9 Å². The molecule has 0 aliphatic rings. The van der Waals surface area contributed by atoms with Gasteiger partial charge in [0.1, 0.15) is 5.82 Å². The molecule has 1 aromatic carbocycles. The number of aromatic amines is 1. The molecule has 0 spiro atoms. The highest BCUT2D eigenvalue weighted by Gasteiger charge is 2.09. The molecule has 3 aromatic rings. The summed E-state index contributed by atoms with van der Waals surface area (Å²) in [6, 6.07) is 6.98. The zero-order chi connectivity index (χ0) is 12.7. The third-order valence-electron chi connectivity index (χ3n) is 2.71. The lowest BCUT2D eigenvalue weighted by Gasteiger charge is -2.02. The van der Waals surface area contributed by atoms with Crippen molar-refractivity contribution in [1.29, 1.82) is 0 Å². The topological polar surface area (TPSA) is 20.7 Å². The van der Waals surface area contributed by atoms with Gasteiger partial charge in [0.25, 0.3) is 0 Å². The SMILES string of the molecule is Fc1cc2c(cc1Cl)[nH]c(=S)n2Cc1cccs1. The number of aromatic nitrogens is 2. The first kappa shape index (κ1) is 11.9. The van der Waals surface area contributed by atoms with E-state index >= 15 is 0 Å². The lowest BCUT2D eigenvalue weighted by molar-refractivity contribution is 0.629. The van der Waals surface area contributed by atoms with Crippen molar-refractivity contribution in [3.05, 3.63) is 50.1 Å². The fraction of sp³-hybridized carbons (Fsp3) is 0.0833. The zero-order valence-electron chi connectivity index (χ0n) is 9.11. The highest BCUT2D eigenvalue weighted by molar-refractivity contribution is 7.71. The van der Waals surface area contributed by atoms with Crippen molar-refractivity contribution in [2.24, 2.45) is 0 Å². The van der Waals surface area contributed by atoms with Crippen LogP contribution in [0.4, 0.5) is 4.39 Å². The lowest BCUT2D eigenvalue weighted by atomic mass is 10.3. The van der Waals surface area contributed by atoms with E-state index in [9.17, 15) is 4.39 Å². The molecule has 0 aliphatic carbocycles. The van der Waals surface area contributed by atoms with Crippen molar-refractivity contribution < 1.29 is 4.39 Å². The Bertz CT molecular complexity index is 758. The van der Waals surface area contributed by atoms with Crippen molar-refractivity contribution in [3.63, 3.8) is 0 Å². The molecular weight excluding hydrogens is 291 g/mol. The van der Waals surface area contributed by atoms with Crippen LogP contribution in [-0.4, -0.2) is 9.55 Å². The average molecular weight is 299 g/mol. The summed E-state index contributed by atoms with van der Waals surface area (Å²) in [4.78, 5) is 4.21. The fourth-order valence-electron chi connectivity index (χ4n) is 1.87. The first-order valence-electron chi connectivity index (χ1n) is 5.25. The van der Waals surface area contributed by atoms with E-state index in [1.54, 1.807) is 17.4 Å². The van der Waals surface area contributed by atoms with Crippen LogP contribution in [-0.2, 0) is 6.54 Å². The molecule has 0 atom stereocenters. The molecule has 2 heterocycles. The maximum Gasteiger partial charge on any atom is 0.178 e. The first-order valence-corrected chi connectivity index (χ1v) is 6.91. The second kappa shape index (κ2) is 4.50. The second-order valence-electron chi connectivity index (χ2n) is 3.88. The number of hydrogen-bond donors (Lipinski definition) is 1. The third-order valence-corrected chi connectivity index (χ3v) is 4.18. The van der Waals surface area contributed by atoms with Crippen LogP contribution in [0, 0.1) is 10.6 Å². The number of H-pyrrole nitrogens is 1. The number of hydrogen-bond acceptors (Lipinski definition) is 2.